The number of hydrogen-bond acceptors (Lipinski definition) is 9. The topological polar surface area (TPSA) is 156 Å². The molecule has 4 rings (SSSR count). The molecule has 0 spiro atoms. The summed E-state index contributed by atoms with van der Waals surface area (Å²) in [6.07, 6.45) is -3.40. The lowest BCUT2D eigenvalue weighted by molar-refractivity contribution is -0.192. The van der Waals surface area contributed by atoms with Gasteiger partial charge in [-0.05, 0) is 36.7 Å². The molecule has 0 atom stereocenters. The van der Waals surface area contributed by atoms with Crippen LogP contribution >= 0.6 is 11.6 Å². The summed E-state index contributed by atoms with van der Waals surface area (Å²) in [7, 11) is -4.10. The van der Waals surface area contributed by atoms with Crippen LogP contribution in [0.1, 0.15) is 25.8 Å². The first-order chi connectivity index (χ1) is 20.1. The summed E-state index contributed by atoms with van der Waals surface area (Å²) in [6.45, 7) is 6.56. The number of anilines is 4. The molecule has 4 N–H and O–H groups in total. The van der Waals surface area contributed by atoms with Gasteiger partial charge in [-0.15, -0.1) is 0 Å². The summed E-state index contributed by atoms with van der Waals surface area (Å²) in [5.74, 6) is -3.36. The van der Waals surface area contributed by atoms with E-state index in [1.54, 1.807) is 0 Å². The van der Waals surface area contributed by atoms with Crippen LogP contribution in [-0.2, 0) is 21.2 Å². The molecule has 3 aromatic carbocycles. The molecule has 1 heterocycles. The maximum absolute atomic E-state index is 13.4. The second kappa shape index (κ2) is 13.8. The SMILES string of the molecule is CCCc1ccccc1Nc1c(Nc2ccc(Cl)c(S(=O)(=O)N3CCN(CC)CC3)c2O)c(=O)c1=O.O=C(O)C(F)(F)F. The highest BCUT2D eigenvalue weighted by Gasteiger charge is 2.38. The molecule has 0 unspecified atom stereocenters. The number of likely N-dealkylation sites (N-methyl/N-ethyl adjacent to an activating group) is 1. The number of alkyl halides is 3. The fourth-order valence-corrected chi connectivity index (χ4v) is 6.35. The number of carboxylic acids is 1. The number of aliphatic carboxylic acids is 1. The molecule has 0 aliphatic carbocycles. The Balaban J connectivity index is 0.000000646. The van der Waals surface area contributed by atoms with Crippen LogP contribution in [0.4, 0.5) is 35.9 Å². The Kier molecular flexibility index (Phi) is 10.8. The first-order valence-electron chi connectivity index (χ1n) is 13.1. The molecular weight excluding hydrogens is 617 g/mol. The standard InChI is InChI=1S/C25H29ClN4O5S.C2HF3O2/c1-3-7-16-8-5-6-9-18(16)27-20-21(24(33)23(20)32)28-19-11-10-17(26)25(22(19)31)36(34,35)30-14-12-29(4-2)13-15-30;3-2(4,5)1(6)7/h5-6,8-11,27-28,31H,3-4,7,12-15H2,1-2H3;(H,6,7). The van der Waals surface area contributed by atoms with Gasteiger partial charge in [0.25, 0.3) is 10.9 Å². The fraction of sp³-hybridized carbons (Fsp3) is 0.370. The Labute approximate surface area is 250 Å². The van der Waals surface area contributed by atoms with E-state index in [-0.39, 0.29) is 35.2 Å². The highest BCUT2D eigenvalue weighted by atomic mass is 35.5. The summed E-state index contributed by atoms with van der Waals surface area (Å²) < 4.78 is 59.7. The number of nitrogens with zero attached hydrogens (tertiary/aromatic N) is 2. The molecule has 1 aliphatic heterocycles. The van der Waals surface area contributed by atoms with Crippen molar-refractivity contribution < 1.29 is 36.6 Å². The third-order valence-corrected chi connectivity index (χ3v) is 9.07. The van der Waals surface area contributed by atoms with Gasteiger partial charge in [0.05, 0.1) is 10.7 Å². The number of phenols is 1. The van der Waals surface area contributed by atoms with Gasteiger partial charge in [0.15, 0.2) is 5.75 Å². The van der Waals surface area contributed by atoms with Crippen LogP contribution in [0.5, 0.6) is 5.75 Å². The summed E-state index contributed by atoms with van der Waals surface area (Å²) >= 11 is 6.23. The first kappa shape index (κ1) is 33.8. The van der Waals surface area contributed by atoms with Gasteiger partial charge >= 0.3 is 12.1 Å². The van der Waals surface area contributed by atoms with Crippen molar-refractivity contribution in [3.05, 3.63) is 67.4 Å². The average Bonchev–Trinajstić information content (AvgIpc) is 2.96. The number of aromatic hydroxyl groups is 1. The van der Waals surface area contributed by atoms with Crippen LogP contribution in [0.2, 0.25) is 5.02 Å². The largest absolute Gasteiger partial charge is 0.504 e. The molecule has 1 saturated heterocycles. The Hall–Kier alpha value is -3.66. The molecule has 1 aliphatic rings. The number of rotatable bonds is 9. The smallest absolute Gasteiger partial charge is 0.490 e. The Morgan fingerprint density at radius 3 is 2.00 bits per heavy atom. The minimum atomic E-state index is -5.08. The van der Waals surface area contributed by atoms with E-state index in [9.17, 15) is 36.3 Å². The van der Waals surface area contributed by atoms with Gasteiger partial charge in [-0.2, -0.15) is 17.5 Å². The third kappa shape index (κ3) is 7.65. The molecule has 0 saturated carbocycles. The lowest BCUT2D eigenvalue weighted by Gasteiger charge is -2.33. The number of benzene rings is 2. The molecule has 0 radical (unpaired) electrons. The number of carbonyl (C=O) groups is 1. The van der Waals surface area contributed by atoms with Gasteiger partial charge in [-0.25, -0.2) is 13.2 Å². The predicted molar refractivity (Wildman–Crippen MR) is 156 cm³/mol. The molecule has 0 aromatic heterocycles. The zero-order chi connectivity index (χ0) is 32.1. The van der Waals surface area contributed by atoms with E-state index in [0.717, 1.165) is 24.9 Å². The van der Waals surface area contributed by atoms with Gasteiger partial charge in [0.1, 0.15) is 16.3 Å². The van der Waals surface area contributed by atoms with E-state index in [1.807, 2.05) is 38.1 Å². The normalized spacial score (nSPS) is 14.7. The third-order valence-electron chi connectivity index (χ3n) is 6.67. The molecular formula is C27H30ClF3N4O7S. The van der Waals surface area contributed by atoms with E-state index >= 15 is 0 Å². The van der Waals surface area contributed by atoms with Crippen LogP contribution < -0.4 is 21.5 Å². The number of hydrogen-bond donors (Lipinski definition) is 4. The van der Waals surface area contributed by atoms with Gasteiger partial charge in [0, 0.05) is 31.9 Å². The molecule has 234 valence electrons. The summed E-state index contributed by atoms with van der Waals surface area (Å²) in [4.78, 5) is 35.3. The highest BCUT2D eigenvalue weighted by molar-refractivity contribution is 7.89. The number of sulfonamides is 1. The fourth-order valence-electron chi connectivity index (χ4n) is 4.34. The van der Waals surface area contributed by atoms with Crippen LogP contribution in [0.3, 0.4) is 0 Å². The van der Waals surface area contributed by atoms with Gasteiger partial charge in [-0.1, -0.05) is 50.1 Å². The quantitative estimate of drug-likeness (QED) is 0.198. The number of aryl methyl sites for hydroxylation is 1. The maximum Gasteiger partial charge on any atom is 0.490 e. The Morgan fingerprint density at radius 2 is 1.49 bits per heavy atom. The van der Waals surface area contributed by atoms with Crippen LogP contribution in [-0.4, -0.2) is 72.7 Å². The average molecular weight is 647 g/mol. The molecule has 16 heteroatoms. The summed E-state index contributed by atoms with van der Waals surface area (Å²) in [5, 5.41) is 23.7. The Morgan fingerprint density at radius 1 is 0.953 bits per heavy atom. The van der Waals surface area contributed by atoms with Crippen molar-refractivity contribution in [1.29, 1.82) is 0 Å². The predicted octanol–water partition coefficient (Wildman–Crippen LogP) is 4.04. The van der Waals surface area contributed by atoms with E-state index in [4.69, 9.17) is 21.5 Å². The molecule has 0 bridgehead atoms. The number of nitrogens with one attached hydrogen (secondary N) is 2. The van der Waals surface area contributed by atoms with E-state index in [1.165, 1.54) is 16.4 Å². The molecule has 0 amide bonds. The molecule has 3 aromatic rings. The lowest BCUT2D eigenvalue weighted by atomic mass is 10.1. The van der Waals surface area contributed by atoms with Crippen molar-refractivity contribution >= 4 is 50.3 Å². The zero-order valence-corrected chi connectivity index (χ0v) is 24.7. The van der Waals surface area contributed by atoms with Gasteiger partial charge in [0.2, 0.25) is 10.0 Å². The molecule has 11 nitrogen and oxygen atoms in total. The van der Waals surface area contributed by atoms with Crippen molar-refractivity contribution in [2.24, 2.45) is 0 Å². The summed E-state index contributed by atoms with van der Waals surface area (Å²) in [6, 6.07) is 10.2. The van der Waals surface area contributed by atoms with E-state index < -0.39 is 43.7 Å². The molecule has 43 heavy (non-hydrogen) atoms. The lowest BCUT2D eigenvalue weighted by Crippen LogP contribution is -2.48. The van der Waals surface area contributed by atoms with Crippen molar-refractivity contribution in [3.63, 3.8) is 0 Å². The van der Waals surface area contributed by atoms with Crippen molar-refractivity contribution in [2.75, 3.05) is 43.4 Å². The maximum atomic E-state index is 13.4. The van der Waals surface area contributed by atoms with E-state index in [0.29, 0.717) is 18.8 Å². The number of carboxylic acid groups (broad SMARTS) is 1. The van der Waals surface area contributed by atoms with Crippen LogP contribution in [0, 0.1) is 0 Å². The summed E-state index contributed by atoms with van der Waals surface area (Å²) in [5.41, 5.74) is 0.192. The molecule has 1 fully saturated rings. The minimum Gasteiger partial charge on any atom is -0.504 e. The van der Waals surface area contributed by atoms with Crippen molar-refractivity contribution in [1.82, 2.24) is 9.21 Å². The second-order valence-electron chi connectivity index (χ2n) is 9.48. The first-order valence-corrected chi connectivity index (χ1v) is 14.9. The van der Waals surface area contributed by atoms with Crippen LogP contribution in [0.25, 0.3) is 0 Å². The van der Waals surface area contributed by atoms with Gasteiger partial charge in [-0.3, -0.25) is 9.59 Å². The van der Waals surface area contributed by atoms with Crippen molar-refractivity contribution in [2.45, 2.75) is 37.8 Å². The minimum absolute atomic E-state index is 0.0397. The monoisotopic (exact) mass is 646 g/mol. The van der Waals surface area contributed by atoms with Crippen LogP contribution in [0.15, 0.2) is 50.9 Å². The number of halogens is 4. The zero-order valence-electron chi connectivity index (χ0n) is 23.2. The van der Waals surface area contributed by atoms with Crippen molar-refractivity contribution in [3.8, 4) is 5.75 Å². The second-order valence-corrected chi connectivity index (χ2v) is 11.8. The number of piperazine rings is 1. The number of para-hydroxylation sites is 1. The number of phenolic OH excluding ortho intramolecular Hbond substituents is 1. The highest BCUT2D eigenvalue weighted by Crippen LogP contribution is 2.40. The Bertz CT molecular complexity index is 1650. The van der Waals surface area contributed by atoms with E-state index in [2.05, 4.69) is 15.5 Å². The van der Waals surface area contributed by atoms with Gasteiger partial charge < -0.3 is 25.7 Å².